The number of ether oxygens (including phenoxy) is 2. The normalized spacial score (nSPS) is 16.0. The van der Waals surface area contributed by atoms with Crippen LogP contribution in [0.15, 0.2) is 18.2 Å². The van der Waals surface area contributed by atoms with Gasteiger partial charge in [0.2, 0.25) is 0 Å². The van der Waals surface area contributed by atoms with Gasteiger partial charge in [-0.05, 0) is 42.9 Å². The number of amides is 2. The zero-order chi connectivity index (χ0) is 19.1. The van der Waals surface area contributed by atoms with E-state index in [1.165, 1.54) is 0 Å². The summed E-state index contributed by atoms with van der Waals surface area (Å²) in [6.07, 6.45) is 1.84. The fourth-order valence-electron chi connectivity index (χ4n) is 3.19. The highest BCUT2D eigenvalue weighted by Gasteiger charge is 2.26. The van der Waals surface area contributed by atoms with Crippen LogP contribution in [0.2, 0.25) is 0 Å². The molecule has 7 heteroatoms. The molecular formula is C19H28N2O5. The van der Waals surface area contributed by atoms with Crippen molar-refractivity contribution in [2.24, 2.45) is 11.8 Å². The van der Waals surface area contributed by atoms with Crippen LogP contribution in [0, 0.1) is 11.8 Å². The minimum atomic E-state index is -0.770. The highest BCUT2D eigenvalue weighted by molar-refractivity contribution is 5.75. The summed E-state index contributed by atoms with van der Waals surface area (Å²) in [6, 6.07) is 5.71. The lowest BCUT2D eigenvalue weighted by molar-refractivity contribution is -0.143. The maximum atomic E-state index is 12.2. The van der Waals surface area contributed by atoms with Gasteiger partial charge < -0.3 is 24.8 Å². The molecule has 0 aliphatic carbocycles. The molecule has 1 aliphatic heterocycles. The van der Waals surface area contributed by atoms with Crippen molar-refractivity contribution < 1.29 is 24.2 Å². The molecule has 1 heterocycles. The summed E-state index contributed by atoms with van der Waals surface area (Å²) < 4.78 is 10.6. The molecule has 0 aromatic heterocycles. The molecule has 0 spiro atoms. The standard InChI is InChI=1S/C19H28N2O5/c1-13(10-14-4-5-16(25-2)17(11-14)26-3)12-20-19(24)21-8-6-15(7-9-21)18(22)23/h4-5,11,13,15H,6-10,12H2,1-3H3,(H,20,24)(H,22,23). The lowest BCUT2D eigenvalue weighted by Crippen LogP contribution is -2.46. The number of methoxy groups -OCH3 is 2. The summed E-state index contributed by atoms with van der Waals surface area (Å²) in [5.74, 6) is 0.551. The van der Waals surface area contributed by atoms with Crippen LogP contribution in [0.5, 0.6) is 11.5 Å². The van der Waals surface area contributed by atoms with E-state index in [-0.39, 0.29) is 17.9 Å². The number of carbonyl (C=O) groups is 2. The maximum absolute atomic E-state index is 12.2. The lowest BCUT2D eigenvalue weighted by atomic mass is 9.97. The summed E-state index contributed by atoms with van der Waals surface area (Å²) in [5, 5.41) is 12.0. The second-order valence-corrected chi connectivity index (χ2v) is 6.78. The van der Waals surface area contributed by atoms with Gasteiger partial charge in [-0.25, -0.2) is 4.79 Å². The van der Waals surface area contributed by atoms with E-state index in [2.05, 4.69) is 12.2 Å². The first-order valence-corrected chi connectivity index (χ1v) is 8.91. The number of aliphatic carboxylic acids is 1. The Morgan fingerprint density at radius 1 is 1.23 bits per heavy atom. The third kappa shape index (κ3) is 5.28. The summed E-state index contributed by atoms with van der Waals surface area (Å²) in [6.45, 7) is 3.62. The van der Waals surface area contributed by atoms with Crippen molar-refractivity contribution in [1.29, 1.82) is 0 Å². The molecule has 1 aromatic carbocycles. The third-order valence-corrected chi connectivity index (χ3v) is 4.77. The second-order valence-electron chi connectivity index (χ2n) is 6.78. The first-order valence-electron chi connectivity index (χ1n) is 8.91. The number of nitrogens with one attached hydrogen (secondary N) is 1. The van der Waals surface area contributed by atoms with E-state index in [0.29, 0.717) is 44.0 Å². The second kappa shape index (κ2) is 9.31. The van der Waals surface area contributed by atoms with Crippen LogP contribution >= 0.6 is 0 Å². The summed E-state index contributed by atoms with van der Waals surface area (Å²) in [5.41, 5.74) is 1.12. The SMILES string of the molecule is COc1ccc(CC(C)CNC(=O)N2CCC(C(=O)O)CC2)cc1OC. The van der Waals surface area contributed by atoms with Crippen LogP contribution in [-0.4, -0.2) is 55.9 Å². The first kappa shape index (κ1) is 19.9. The van der Waals surface area contributed by atoms with E-state index in [1.807, 2.05) is 18.2 Å². The maximum Gasteiger partial charge on any atom is 0.317 e. The van der Waals surface area contributed by atoms with E-state index in [4.69, 9.17) is 14.6 Å². The fourth-order valence-corrected chi connectivity index (χ4v) is 3.19. The van der Waals surface area contributed by atoms with Gasteiger partial charge in [0.25, 0.3) is 0 Å². The molecule has 2 rings (SSSR count). The molecule has 1 fully saturated rings. The number of piperidine rings is 1. The predicted octanol–water partition coefficient (Wildman–Crippen LogP) is 2.39. The Balaban J connectivity index is 1.79. The van der Waals surface area contributed by atoms with Crippen molar-refractivity contribution >= 4 is 12.0 Å². The van der Waals surface area contributed by atoms with Gasteiger partial charge in [-0.1, -0.05) is 13.0 Å². The van der Waals surface area contributed by atoms with Crippen molar-refractivity contribution in [3.8, 4) is 11.5 Å². The third-order valence-electron chi connectivity index (χ3n) is 4.77. The number of hydrogen-bond acceptors (Lipinski definition) is 4. The molecular weight excluding hydrogens is 336 g/mol. The van der Waals surface area contributed by atoms with Gasteiger partial charge in [-0.15, -0.1) is 0 Å². The molecule has 26 heavy (non-hydrogen) atoms. The highest BCUT2D eigenvalue weighted by atomic mass is 16.5. The largest absolute Gasteiger partial charge is 0.493 e. The molecule has 1 aromatic rings. The quantitative estimate of drug-likeness (QED) is 0.776. The van der Waals surface area contributed by atoms with E-state index in [1.54, 1.807) is 19.1 Å². The average molecular weight is 364 g/mol. The monoisotopic (exact) mass is 364 g/mol. The fraction of sp³-hybridized carbons (Fsp3) is 0.579. The molecule has 0 saturated carbocycles. The molecule has 1 unspecified atom stereocenters. The molecule has 1 saturated heterocycles. The Morgan fingerprint density at radius 3 is 2.46 bits per heavy atom. The Kier molecular flexibility index (Phi) is 7.12. The van der Waals surface area contributed by atoms with Gasteiger partial charge >= 0.3 is 12.0 Å². The Bertz CT molecular complexity index is 626. The molecule has 7 nitrogen and oxygen atoms in total. The van der Waals surface area contributed by atoms with Crippen molar-refractivity contribution in [1.82, 2.24) is 10.2 Å². The average Bonchev–Trinajstić information content (AvgIpc) is 2.66. The van der Waals surface area contributed by atoms with Crippen molar-refractivity contribution in [3.63, 3.8) is 0 Å². The number of carboxylic acids is 1. The number of rotatable bonds is 7. The summed E-state index contributed by atoms with van der Waals surface area (Å²) >= 11 is 0. The number of hydrogen-bond donors (Lipinski definition) is 2. The summed E-state index contributed by atoms with van der Waals surface area (Å²) in [7, 11) is 3.22. The molecule has 2 N–H and O–H groups in total. The van der Waals surface area contributed by atoms with Crippen molar-refractivity contribution in [2.75, 3.05) is 33.9 Å². The van der Waals surface area contributed by atoms with Gasteiger partial charge in [0.1, 0.15) is 0 Å². The number of nitrogens with zero attached hydrogens (tertiary/aromatic N) is 1. The zero-order valence-electron chi connectivity index (χ0n) is 15.7. The Labute approximate surface area is 154 Å². The number of carbonyl (C=O) groups excluding carboxylic acids is 1. The van der Waals surface area contributed by atoms with Crippen LogP contribution in [0.4, 0.5) is 4.79 Å². The van der Waals surface area contributed by atoms with Gasteiger partial charge in [-0.2, -0.15) is 0 Å². The zero-order valence-corrected chi connectivity index (χ0v) is 15.7. The van der Waals surface area contributed by atoms with Crippen LogP contribution < -0.4 is 14.8 Å². The van der Waals surface area contributed by atoms with Crippen LogP contribution in [-0.2, 0) is 11.2 Å². The lowest BCUT2D eigenvalue weighted by Gasteiger charge is -2.30. The van der Waals surface area contributed by atoms with Crippen LogP contribution in [0.25, 0.3) is 0 Å². The molecule has 1 aliphatic rings. The van der Waals surface area contributed by atoms with Crippen molar-refractivity contribution in [3.05, 3.63) is 23.8 Å². The Morgan fingerprint density at radius 2 is 1.88 bits per heavy atom. The Hall–Kier alpha value is -2.44. The minimum Gasteiger partial charge on any atom is -0.493 e. The van der Waals surface area contributed by atoms with Gasteiger partial charge in [0.05, 0.1) is 20.1 Å². The number of likely N-dealkylation sites (tertiary alicyclic amines) is 1. The van der Waals surface area contributed by atoms with E-state index >= 15 is 0 Å². The summed E-state index contributed by atoms with van der Waals surface area (Å²) in [4.78, 5) is 24.9. The number of benzene rings is 1. The van der Waals surface area contributed by atoms with Crippen LogP contribution in [0.1, 0.15) is 25.3 Å². The molecule has 2 amide bonds. The smallest absolute Gasteiger partial charge is 0.317 e. The molecule has 144 valence electrons. The van der Waals surface area contributed by atoms with E-state index in [9.17, 15) is 9.59 Å². The van der Waals surface area contributed by atoms with Gasteiger partial charge in [0, 0.05) is 19.6 Å². The van der Waals surface area contributed by atoms with Crippen molar-refractivity contribution in [2.45, 2.75) is 26.2 Å². The topological polar surface area (TPSA) is 88.1 Å². The van der Waals surface area contributed by atoms with E-state index < -0.39 is 5.97 Å². The minimum absolute atomic E-state index is 0.118. The van der Waals surface area contributed by atoms with Gasteiger partial charge in [0.15, 0.2) is 11.5 Å². The number of urea groups is 1. The molecule has 0 bridgehead atoms. The number of carboxylic acid groups (broad SMARTS) is 1. The van der Waals surface area contributed by atoms with Crippen LogP contribution in [0.3, 0.4) is 0 Å². The van der Waals surface area contributed by atoms with Gasteiger partial charge in [-0.3, -0.25) is 4.79 Å². The first-order chi connectivity index (χ1) is 12.4. The highest BCUT2D eigenvalue weighted by Crippen LogP contribution is 2.28. The predicted molar refractivity (Wildman–Crippen MR) is 97.7 cm³/mol. The molecule has 1 atom stereocenters. The molecule has 0 radical (unpaired) electrons. The van der Waals surface area contributed by atoms with E-state index in [0.717, 1.165) is 12.0 Å².